The first-order valence-corrected chi connectivity index (χ1v) is 10.4. The van der Waals surface area contributed by atoms with E-state index in [4.69, 9.17) is 0 Å². The quantitative estimate of drug-likeness (QED) is 0.416. The fourth-order valence-corrected chi connectivity index (χ4v) is 4.40. The van der Waals surface area contributed by atoms with E-state index >= 15 is 0 Å². The van der Waals surface area contributed by atoms with Crippen molar-refractivity contribution in [2.24, 2.45) is 0 Å². The zero-order valence-electron chi connectivity index (χ0n) is 14.9. The third kappa shape index (κ3) is 5.65. The first-order chi connectivity index (χ1) is 12.5. The molecule has 10 heteroatoms. The molecule has 1 saturated carbocycles. The molecule has 0 bridgehead atoms. The van der Waals surface area contributed by atoms with Crippen molar-refractivity contribution < 1.29 is 8.42 Å². The third-order valence-electron chi connectivity index (χ3n) is 4.73. The molecule has 4 N–H and O–H groups in total. The summed E-state index contributed by atoms with van der Waals surface area (Å²) in [6, 6.07) is 4.52. The Bertz CT molecular complexity index is 978. The Balaban J connectivity index is 0.00000261. The average molecular weight is 417 g/mol. The van der Waals surface area contributed by atoms with E-state index in [1.807, 2.05) is 0 Å². The van der Waals surface area contributed by atoms with E-state index in [0.29, 0.717) is 18.1 Å². The maximum Gasteiger partial charge on any atom is 0.326 e. The molecule has 1 aromatic heterocycles. The third-order valence-corrected chi connectivity index (χ3v) is 6.19. The number of aromatic amines is 2. The molecular formula is C17H25ClN4O4S. The van der Waals surface area contributed by atoms with Crippen molar-refractivity contribution in [3.05, 3.63) is 39.0 Å². The number of fused-ring (bicyclic) bond motifs is 1. The Hall–Kier alpha value is -1.68. The fraction of sp³-hybridized carbons (Fsp3) is 0.529. The molecule has 0 aliphatic heterocycles. The van der Waals surface area contributed by atoms with Gasteiger partial charge in [0.2, 0.25) is 10.0 Å². The molecule has 2 aromatic rings. The minimum atomic E-state index is -3.72. The van der Waals surface area contributed by atoms with E-state index in [1.165, 1.54) is 43.9 Å². The van der Waals surface area contributed by atoms with Gasteiger partial charge in [-0.2, -0.15) is 0 Å². The largest absolute Gasteiger partial charge is 0.326 e. The molecule has 0 radical (unpaired) electrons. The highest BCUT2D eigenvalue weighted by Crippen LogP contribution is 2.17. The number of rotatable bonds is 6. The van der Waals surface area contributed by atoms with Crippen molar-refractivity contribution >= 4 is 33.3 Å². The second-order valence-electron chi connectivity index (χ2n) is 6.66. The molecule has 0 spiro atoms. The monoisotopic (exact) mass is 416 g/mol. The number of hydrogen-bond donors (Lipinski definition) is 4. The van der Waals surface area contributed by atoms with Crippen LogP contribution >= 0.6 is 12.4 Å². The maximum absolute atomic E-state index is 12.4. The summed E-state index contributed by atoms with van der Waals surface area (Å²) in [7, 11) is -3.72. The Labute approximate surface area is 163 Å². The lowest BCUT2D eigenvalue weighted by Gasteiger charge is -2.16. The van der Waals surface area contributed by atoms with Crippen molar-refractivity contribution in [3.63, 3.8) is 0 Å². The summed E-state index contributed by atoms with van der Waals surface area (Å²) in [6.45, 7) is 0.838. The summed E-state index contributed by atoms with van der Waals surface area (Å²) >= 11 is 0. The van der Waals surface area contributed by atoms with Gasteiger partial charge in [0.1, 0.15) is 0 Å². The smallest absolute Gasteiger partial charge is 0.313 e. The van der Waals surface area contributed by atoms with Crippen LogP contribution in [0, 0.1) is 0 Å². The van der Waals surface area contributed by atoms with Gasteiger partial charge in [-0.15, -0.1) is 12.4 Å². The number of sulfonamides is 1. The van der Waals surface area contributed by atoms with E-state index in [2.05, 4.69) is 20.0 Å². The second-order valence-corrected chi connectivity index (χ2v) is 8.42. The van der Waals surface area contributed by atoms with Gasteiger partial charge in [0.15, 0.2) is 0 Å². The van der Waals surface area contributed by atoms with Gasteiger partial charge in [0.05, 0.1) is 15.8 Å². The van der Waals surface area contributed by atoms with Gasteiger partial charge in [0.25, 0.3) is 5.56 Å². The number of aromatic nitrogens is 2. The van der Waals surface area contributed by atoms with Crippen molar-refractivity contribution in [1.82, 2.24) is 20.0 Å². The van der Waals surface area contributed by atoms with Gasteiger partial charge in [-0.1, -0.05) is 25.7 Å². The van der Waals surface area contributed by atoms with Crippen LogP contribution in [0.25, 0.3) is 10.9 Å². The van der Waals surface area contributed by atoms with Crippen LogP contribution in [0.1, 0.15) is 38.5 Å². The summed E-state index contributed by atoms with van der Waals surface area (Å²) in [4.78, 5) is 27.7. The molecule has 0 atom stereocenters. The Morgan fingerprint density at radius 1 is 1.00 bits per heavy atom. The van der Waals surface area contributed by atoms with Crippen LogP contribution in [0.2, 0.25) is 0 Å². The Kier molecular flexibility index (Phi) is 7.60. The molecular weight excluding hydrogens is 392 g/mol. The minimum absolute atomic E-state index is 0. The number of hydrogen-bond acceptors (Lipinski definition) is 5. The standard InChI is InChI=1S/C17H24N4O4S.ClH/c22-16-14-11-13(7-8-15(14)20-17(23)21-16)26(24,25)19-10-9-18-12-5-3-1-2-4-6-12;/h7-8,11-12,18-19H,1-6,9-10H2,(H2,20,21,22,23);1H. The molecule has 27 heavy (non-hydrogen) atoms. The molecule has 1 aliphatic rings. The van der Waals surface area contributed by atoms with Gasteiger partial charge in [0, 0.05) is 19.1 Å². The zero-order valence-corrected chi connectivity index (χ0v) is 16.5. The highest BCUT2D eigenvalue weighted by molar-refractivity contribution is 7.89. The SMILES string of the molecule is Cl.O=c1[nH]c(=O)c2cc(S(=O)(=O)NCCNC3CCCCCC3)ccc2[nH]1. The molecule has 1 heterocycles. The van der Waals surface area contributed by atoms with Gasteiger partial charge in [-0.25, -0.2) is 17.9 Å². The first-order valence-electron chi connectivity index (χ1n) is 8.95. The Morgan fingerprint density at radius 3 is 2.41 bits per heavy atom. The van der Waals surface area contributed by atoms with Crippen LogP contribution in [0.4, 0.5) is 0 Å². The zero-order chi connectivity index (χ0) is 18.6. The highest BCUT2D eigenvalue weighted by Gasteiger charge is 2.16. The lowest BCUT2D eigenvalue weighted by atomic mass is 10.1. The first kappa shape index (κ1) is 21.6. The summed E-state index contributed by atoms with van der Waals surface area (Å²) < 4.78 is 27.4. The van der Waals surface area contributed by atoms with Crippen LogP contribution in [-0.4, -0.2) is 37.5 Å². The summed E-state index contributed by atoms with van der Waals surface area (Å²) in [5, 5.41) is 3.54. The van der Waals surface area contributed by atoms with E-state index in [9.17, 15) is 18.0 Å². The molecule has 1 aliphatic carbocycles. The summed E-state index contributed by atoms with van der Waals surface area (Å²) in [6.07, 6.45) is 7.26. The lowest BCUT2D eigenvalue weighted by Crippen LogP contribution is -2.36. The van der Waals surface area contributed by atoms with E-state index in [0.717, 1.165) is 12.8 Å². The molecule has 1 fully saturated rings. The predicted octanol–water partition coefficient (Wildman–Crippen LogP) is 1.23. The molecule has 0 unspecified atom stereocenters. The molecule has 8 nitrogen and oxygen atoms in total. The van der Waals surface area contributed by atoms with Crippen molar-refractivity contribution in [2.45, 2.75) is 49.5 Å². The molecule has 1 aromatic carbocycles. The van der Waals surface area contributed by atoms with Crippen LogP contribution in [0.5, 0.6) is 0 Å². The average Bonchev–Trinajstić information content (AvgIpc) is 2.87. The molecule has 150 valence electrons. The Morgan fingerprint density at radius 2 is 1.70 bits per heavy atom. The summed E-state index contributed by atoms with van der Waals surface area (Å²) in [5.41, 5.74) is -0.940. The van der Waals surface area contributed by atoms with Crippen LogP contribution in [0.3, 0.4) is 0 Å². The normalized spacial score (nSPS) is 16.0. The second kappa shape index (κ2) is 9.50. The molecule has 0 amide bonds. The van der Waals surface area contributed by atoms with Gasteiger partial charge in [-0.05, 0) is 31.0 Å². The predicted molar refractivity (Wildman–Crippen MR) is 107 cm³/mol. The topological polar surface area (TPSA) is 124 Å². The number of halogens is 1. The number of H-pyrrole nitrogens is 2. The van der Waals surface area contributed by atoms with Gasteiger partial charge < -0.3 is 10.3 Å². The van der Waals surface area contributed by atoms with Crippen LogP contribution in [-0.2, 0) is 10.0 Å². The van der Waals surface area contributed by atoms with E-state index < -0.39 is 21.3 Å². The van der Waals surface area contributed by atoms with Crippen LogP contribution < -0.4 is 21.3 Å². The van der Waals surface area contributed by atoms with E-state index in [1.54, 1.807) is 0 Å². The molecule has 0 saturated heterocycles. The van der Waals surface area contributed by atoms with Crippen molar-refractivity contribution in [3.8, 4) is 0 Å². The minimum Gasteiger partial charge on any atom is -0.313 e. The van der Waals surface area contributed by atoms with Crippen molar-refractivity contribution in [1.29, 1.82) is 0 Å². The maximum atomic E-state index is 12.4. The van der Waals surface area contributed by atoms with Crippen molar-refractivity contribution in [2.75, 3.05) is 13.1 Å². The summed E-state index contributed by atoms with van der Waals surface area (Å²) in [5.74, 6) is 0. The number of benzene rings is 1. The number of nitrogens with one attached hydrogen (secondary N) is 4. The van der Waals surface area contributed by atoms with Gasteiger partial charge in [-0.3, -0.25) is 9.78 Å². The van der Waals surface area contributed by atoms with Crippen LogP contribution in [0.15, 0.2) is 32.7 Å². The fourth-order valence-electron chi connectivity index (χ4n) is 3.34. The van der Waals surface area contributed by atoms with Gasteiger partial charge >= 0.3 is 5.69 Å². The lowest BCUT2D eigenvalue weighted by molar-refractivity contribution is 0.461. The van der Waals surface area contributed by atoms with E-state index in [-0.39, 0.29) is 29.2 Å². The highest BCUT2D eigenvalue weighted by atomic mass is 35.5. The molecule has 3 rings (SSSR count).